The van der Waals surface area contributed by atoms with Crippen molar-refractivity contribution in [3.63, 3.8) is 0 Å². The summed E-state index contributed by atoms with van der Waals surface area (Å²) in [5.41, 5.74) is 3.02. The molecule has 0 saturated carbocycles. The van der Waals surface area contributed by atoms with Crippen LogP contribution >= 0.6 is 0 Å². The number of imide groups is 1. The van der Waals surface area contributed by atoms with Gasteiger partial charge in [0.25, 0.3) is 0 Å². The first-order chi connectivity index (χ1) is 14.1. The number of hydrogen-bond donors (Lipinski definition) is 2. The minimum atomic E-state index is -0.297. The van der Waals surface area contributed by atoms with E-state index in [4.69, 9.17) is 0 Å². The van der Waals surface area contributed by atoms with Gasteiger partial charge in [0.15, 0.2) is 0 Å². The van der Waals surface area contributed by atoms with Gasteiger partial charge in [-0.3, -0.25) is 14.9 Å². The molecule has 2 aromatic carbocycles. The molecule has 6 nitrogen and oxygen atoms in total. The Morgan fingerprint density at radius 3 is 2.41 bits per heavy atom. The van der Waals surface area contributed by atoms with Gasteiger partial charge in [0.05, 0.1) is 5.92 Å². The number of carbonyl (C=O) groups is 3. The van der Waals surface area contributed by atoms with Crippen molar-refractivity contribution in [1.82, 2.24) is 10.2 Å². The number of nitrogens with zero attached hydrogens (tertiary/aromatic N) is 1. The summed E-state index contributed by atoms with van der Waals surface area (Å²) in [7, 11) is 0. The summed E-state index contributed by atoms with van der Waals surface area (Å²) in [4.78, 5) is 37.4. The number of nitrogens with one attached hydrogen (secondary N) is 2. The fourth-order valence-corrected chi connectivity index (χ4v) is 4.11. The smallest absolute Gasteiger partial charge is 0.321 e. The highest BCUT2D eigenvalue weighted by Crippen LogP contribution is 2.23. The molecule has 4 rings (SSSR count). The molecule has 0 aromatic heterocycles. The molecule has 2 aliphatic heterocycles. The first-order valence-electron chi connectivity index (χ1n) is 10.1. The highest BCUT2D eigenvalue weighted by molar-refractivity contribution is 6.03. The third-order valence-electron chi connectivity index (χ3n) is 5.69. The lowest BCUT2D eigenvalue weighted by Crippen LogP contribution is -2.33. The molecule has 2 aliphatic rings. The summed E-state index contributed by atoms with van der Waals surface area (Å²) in [5, 5.41) is 5.29. The van der Waals surface area contributed by atoms with Crippen LogP contribution in [0.1, 0.15) is 24.0 Å². The first-order valence-corrected chi connectivity index (χ1v) is 10.1. The maximum absolute atomic E-state index is 12.6. The van der Waals surface area contributed by atoms with Gasteiger partial charge in [0.2, 0.25) is 11.8 Å². The molecule has 0 aliphatic carbocycles. The second-order valence-corrected chi connectivity index (χ2v) is 7.94. The van der Waals surface area contributed by atoms with E-state index >= 15 is 0 Å². The van der Waals surface area contributed by atoms with Crippen molar-refractivity contribution in [1.29, 1.82) is 0 Å². The van der Waals surface area contributed by atoms with Crippen molar-refractivity contribution >= 4 is 23.5 Å². The maximum atomic E-state index is 12.6. The number of benzene rings is 2. The Bertz CT molecular complexity index is 895. The molecular formula is C23H25N3O3. The first kappa shape index (κ1) is 19.2. The molecule has 0 radical (unpaired) electrons. The summed E-state index contributed by atoms with van der Waals surface area (Å²) in [6, 6.07) is 17.8. The molecule has 2 heterocycles. The van der Waals surface area contributed by atoms with Crippen molar-refractivity contribution in [3.8, 4) is 0 Å². The van der Waals surface area contributed by atoms with Gasteiger partial charge >= 0.3 is 6.03 Å². The largest absolute Gasteiger partial charge is 0.324 e. The zero-order valence-electron chi connectivity index (χ0n) is 16.3. The predicted octanol–water partition coefficient (Wildman–Crippen LogP) is 2.99. The van der Waals surface area contributed by atoms with Crippen molar-refractivity contribution in [2.75, 3.05) is 18.4 Å². The zero-order chi connectivity index (χ0) is 20.2. The van der Waals surface area contributed by atoms with Crippen LogP contribution in [-0.4, -0.2) is 35.8 Å². The minimum absolute atomic E-state index is 0.0749. The van der Waals surface area contributed by atoms with Gasteiger partial charge in [-0.25, -0.2) is 4.79 Å². The van der Waals surface area contributed by atoms with E-state index in [-0.39, 0.29) is 30.2 Å². The van der Waals surface area contributed by atoms with E-state index < -0.39 is 0 Å². The predicted molar refractivity (Wildman–Crippen MR) is 110 cm³/mol. The van der Waals surface area contributed by atoms with Crippen molar-refractivity contribution < 1.29 is 14.4 Å². The van der Waals surface area contributed by atoms with E-state index in [1.54, 1.807) is 0 Å². The van der Waals surface area contributed by atoms with Crippen LogP contribution in [0.4, 0.5) is 10.5 Å². The molecule has 6 heteroatoms. The van der Waals surface area contributed by atoms with Gasteiger partial charge in [0, 0.05) is 25.2 Å². The van der Waals surface area contributed by atoms with Gasteiger partial charge in [-0.05, 0) is 48.4 Å². The average Bonchev–Trinajstić information content (AvgIpc) is 3.30. The number of amides is 4. The lowest BCUT2D eigenvalue weighted by atomic mass is 9.98. The van der Waals surface area contributed by atoms with Crippen LogP contribution in [0.25, 0.3) is 0 Å². The van der Waals surface area contributed by atoms with Crippen LogP contribution < -0.4 is 10.6 Å². The molecule has 2 fully saturated rings. The number of likely N-dealkylation sites (tertiary alicyclic amines) is 1. The normalized spacial score (nSPS) is 21.3. The maximum Gasteiger partial charge on any atom is 0.321 e. The minimum Gasteiger partial charge on any atom is -0.324 e. The molecule has 2 atom stereocenters. The molecular weight excluding hydrogens is 366 g/mol. The second-order valence-electron chi connectivity index (χ2n) is 7.94. The fourth-order valence-electron chi connectivity index (χ4n) is 4.11. The SMILES string of the molecule is O=C1CC(Cc2ccc(NC(=O)N3CCC(Cc4ccccc4)C3)cc2)C(=O)N1. The van der Waals surface area contributed by atoms with Crippen molar-refractivity contribution in [2.45, 2.75) is 25.7 Å². The number of carbonyl (C=O) groups excluding carboxylic acids is 3. The molecule has 2 saturated heterocycles. The highest BCUT2D eigenvalue weighted by atomic mass is 16.2. The van der Waals surface area contributed by atoms with Gasteiger partial charge < -0.3 is 10.2 Å². The van der Waals surface area contributed by atoms with Crippen LogP contribution in [0.2, 0.25) is 0 Å². The zero-order valence-corrected chi connectivity index (χ0v) is 16.3. The van der Waals surface area contributed by atoms with E-state index in [0.29, 0.717) is 12.3 Å². The Balaban J connectivity index is 1.27. The van der Waals surface area contributed by atoms with Gasteiger partial charge in [-0.1, -0.05) is 42.5 Å². The van der Waals surface area contributed by atoms with Crippen LogP contribution in [0.15, 0.2) is 54.6 Å². The van der Waals surface area contributed by atoms with E-state index in [0.717, 1.165) is 37.2 Å². The summed E-state index contributed by atoms with van der Waals surface area (Å²) >= 11 is 0. The highest BCUT2D eigenvalue weighted by Gasteiger charge is 2.30. The Morgan fingerprint density at radius 1 is 1.00 bits per heavy atom. The topological polar surface area (TPSA) is 78.5 Å². The number of hydrogen-bond acceptors (Lipinski definition) is 3. The molecule has 150 valence electrons. The van der Waals surface area contributed by atoms with Crippen LogP contribution in [0.5, 0.6) is 0 Å². The quantitative estimate of drug-likeness (QED) is 0.769. The van der Waals surface area contributed by atoms with Crippen LogP contribution in [-0.2, 0) is 22.4 Å². The monoisotopic (exact) mass is 391 g/mol. The van der Waals surface area contributed by atoms with E-state index in [9.17, 15) is 14.4 Å². The van der Waals surface area contributed by atoms with E-state index in [1.165, 1.54) is 5.56 Å². The average molecular weight is 391 g/mol. The fraction of sp³-hybridized carbons (Fsp3) is 0.348. The summed E-state index contributed by atoms with van der Waals surface area (Å²) in [5.74, 6) is -0.216. The standard InChI is InChI=1S/C23H25N3O3/c27-21-14-19(22(28)25-21)13-17-6-8-20(9-7-17)24-23(29)26-11-10-18(15-26)12-16-4-2-1-3-5-16/h1-9,18-19H,10-15H2,(H,24,29)(H,25,27,28). The second kappa shape index (κ2) is 8.47. The lowest BCUT2D eigenvalue weighted by Gasteiger charge is -2.18. The number of rotatable bonds is 5. The van der Waals surface area contributed by atoms with E-state index in [2.05, 4.69) is 34.9 Å². The van der Waals surface area contributed by atoms with Gasteiger partial charge in [0.1, 0.15) is 0 Å². The summed E-state index contributed by atoms with van der Waals surface area (Å²) in [6.07, 6.45) is 2.79. The van der Waals surface area contributed by atoms with Gasteiger partial charge in [-0.15, -0.1) is 0 Å². The molecule has 2 N–H and O–H groups in total. The Hall–Kier alpha value is -3.15. The van der Waals surface area contributed by atoms with E-state index in [1.807, 2.05) is 35.2 Å². The Morgan fingerprint density at radius 2 is 1.72 bits per heavy atom. The lowest BCUT2D eigenvalue weighted by molar-refractivity contribution is -0.125. The molecule has 2 aromatic rings. The van der Waals surface area contributed by atoms with Crippen molar-refractivity contribution in [3.05, 3.63) is 65.7 Å². The molecule has 2 unspecified atom stereocenters. The third-order valence-corrected chi connectivity index (χ3v) is 5.69. The van der Waals surface area contributed by atoms with Gasteiger partial charge in [-0.2, -0.15) is 0 Å². The van der Waals surface area contributed by atoms with Crippen LogP contribution in [0.3, 0.4) is 0 Å². The Kier molecular flexibility index (Phi) is 5.60. The molecule has 4 amide bonds. The van der Waals surface area contributed by atoms with Crippen molar-refractivity contribution in [2.24, 2.45) is 11.8 Å². The molecule has 0 bridgehead atoms. The summed E-state index contributed by atoms with van der Waals surface area (Å²) < 4.78 is 0. The Labute approximate surface area is 170 Å². The molecule has 0 spiro atoms. The molecule has 29 heavy (non-hydrogen) atoms. The third kappa shape index (κ3) is 4.83. The summed E-state index contributed by atoms with van der Waals surface area (Å²) in [6.45, 7) is 1.54. The number of anilines is 1. The van der Waals surface area contributed by atoms with Crippen LogP contribution in [0, 0.1) is 11.8 Å². The number of urea groups is 1.